The van der Waals surface area contributed by atoms with E-state index < -0.39 is 35.1 Å². The van der Waals surface area contributed by atoms with Crippen molar-refractivity contribution in [3.63, 3.8) is 0 Å². The van der Waals surface area contributed by atoms with Crippen molar-refractivity contribution in [1.29, 1.82) is 0 Å². The summed E-state index contributed by atoms with van der Waals surface area (Å²) in [6, 6.07) is 6.29. The van der Waals surface area contributed by atoms with E-state index in [-0.39, 0.29) is 24.3 Å². The SMILES string of the molecule is CC[C@@H](CO)N1C(=O)[C@@H]2[C@@H]3C(=O)N(C)CC=C[C@]3(C)O[C@@]23C=CCN(c2ccc(N(CC)CC)cc2)C(=O)C13. The lowest BCUT2D eigenvalue weighted by atomic mass is 9.74. The van der Waals surface area contributed by atoms with E-state index >= 15 is 0 Å². The van der Waals surface area contributed by atoms with E-state index in [4.69, 9.17) is 4.74 Å². The summed E-state index contributed by atoms with van der Waals surface area (Å²) in [6.07, 6.45) is 7.95. The van der Waals surface area contributed by atoms with Gasteiger partial charge in [-0.3, -0.25) is 14.4 Å². The van der Waals surface area contributed by atoms with Crippen LogP contribution >= 0.6 is 0 Å². The van der Waals surface area contributed by atoms with E-state index in [1.165, 1.54) is 4.90 Å². The summed E-state index contributed by atoms with van der Waals surface area (Å²) in [7, 11) is 1.72. The van der Waals surface area contributed by atoms with Crippen molar-refractivity contribution < 1.29 is 24.2 Å². The largest absolute Gasteiger partial charge is 0.394 e. The van der Waals surface area contributed by atoms with Gasteiger partial charge in [-0.05, 0) is 51.5 Å². The number of likely N-dealkylation sites (tertiary alicyclic amines) is 1. The number of ether oxygens (including phenoxy) is 1. The molecule has 1 aromatic carbocycles. The first-order valence-corrected chi connectivity index (χ1v) is 14.1. The molecule has 0 bridgehead atoms. The molecule has 9 nitrogen and oxygen atoms in total. The van der Waals surface area contributed by atoms with Crippen molar-refractivity contribution in [1.82, 2.24) is 9.80 Å². The van der Waals surface area contributed by atoms with Gasteiger partial charge in [0, 0.05) is 44.6 Å². The lowest BCUT2D eigenvalue weighted by molar-refractivity contribution is -0.150. The highest BCUT2D eigenvalue weighted by Crippen LogP contribution is 2.58. The molecule has 9 heteroatoms. The minimum absolute atomic E-state index is 0.177. The molecule has 0 aliphatic carbocycles. The fourth-order valence-corrected chi connectivity index (χ4v) is 7.05. The molecular weight excluding hydrogens is 496 g/mol. The number of nitrogens with zero attached hydrogens (tertiary/aromatic N) is 4. The predicted molar refractivity (Wildman–Crippen MR) is 149 cm³/mol. The molecule has 1 spiro atoms. The molecule has 0 saturated carbocycles. The third-order valence-electron chi connectivity index (χ3n) is 9.06. The van der Waals surface area contributed by atoms with Gasteiger partial charge in [0.1, 0.15) is 11.6 Å². The Bertz CT molecular complexity index is 1190. The summed E-state index contributed by atoms with van der Waals surface area (Å²) in [5, 5.41) is 10.3. The molecule has 4 heterocycles. The van der Waals surface area contributed by atoms with E-state index in [1.807, 2.05) is 62.4 Å². The first kappa shape index (κ1) is 27.4. The summed E-state index contributed by atoms with van der Waals surface area (Å²) in [6.45, 7) is 10.1. The Morgan fingerprint density at radius 3 is 2.26 bits per heavy atom. The number of carbonyl (C=O) groups is 3. The third-order valence-corrected chi connectivity index (χ3v) is 9.06. The molecule has 2 saturated heterocycles. The van der Waals surface area contributed by atoms with Crippen LogP contribution in [-0.4, -0.2) is 95.7 Å². The van der Waals surface area contributed by atoms with Gasteiger partial charge in [-0.1, -0.05) is 31.2 Å². The van der Waals surface area contributed by atoms with E-state index in [0.717, 1.165) is 24.5 Å². The van der Waals surface area contributed by atoms with Crippen LogP contribution in [0.25, 0.3) is 0 Å². The average Bonchev–Trinajstić information content (AvgIpc) is 3.21. The van der Waals surface area contributed by atoms with Crippen LogP contribution in [0, 0.1) is 11.8 Å². The zero-order chi connectivity index (χ0) is 28.1. The Balaban J connectivity index is 1.61. The van der Waals surface area contributed by atoms with Crippen molar-refractivity contribution in [3.8, 4) is 0 Å². The molecule has 0 radical (unpaired) electrons. The van der Waals surface area contributed by atoms with Gasteiger partial charge in [-0.25, -0.2) is 0 Å². The lowest BCUT2D eigenvalue weighted by Gasteiger charge is -2.40. The lowest BCUT2D eigenvalue weighted by Crippen LogP contribution is -2.58. The summed E-state index contributed by atoms with van der Waals surface area (Å²) in [4.78, 5) is 49.5. The maximum atomic E-state index is 14.5. The normalized spacial score (nSPS) is 32.6. The second-order valence-electron chi connectivity index (χ2n) is 11.1. The fraction of sp³-hybridized carbons (Fsp3) is 0.567. The molecule has 0 aromatic heterocycles. The average molecular weight is 537 g/mol. The minimum atomic E-state index is -1.33. The van der Waals surface area contributed by atoms with Crippen LogP contribution < -0.4 is 9.80 Å². The predicted octanol–water partition coefficient (Wildman–Crippen LogP) is 2.21. The molecule has 2 fully saturated rings. The third kappa shape index (κ3) is 4.00. The zero-order valence-electron chi connectivity index (χ0n) is 23.5. The van der Waals surface area contributed by atoms with Crippen LogP contribution in [0.4, 0.5) is 11.4 Å². The summed E-state index contributed by atoms with van der Waals surface area (Å²) < 4.78 is 6.80. The molecular formula is C30H40N4O5. The van der Waals surface area contributed by atoms with Gasteiger partial charge in [0.15, 0.2) is 0 Å². The van der Waals surface area contributed by atoms with Crippen molar-refractivity contribution in [2.24, 2.45) is 11.8 Å². The van der Waals surface area contributed by atoms with Gasteiger partial charge < -0.3 is 29.4 Å². The molecule has 1 N–H and O–H groups in total. The Hall–Kier alpha value is -3.17. The first-order chi connectivity index (χ1) is 18.7. The van der Waals surface area contributed by atoms with Crippen molar-refractivity contribution in [2.75, 3.05) is 49.6 Å². The molecule has 1 aromatic rings. The van der Waals surface area contributed by atoms with E-state index in [0.29, 0.717) is 19.5 Å². The van der Waals surface area contributed by atoms with Crippen molar-refractivity contribution in [3.05, 3.63) is 48.6 Å². The molecule has 210 valence electrons. The van der Waals surface area contributed by atoms with Crippen LogP contribution in [-0.2, 0) is 19.1 Å². The number of carbonyl (C=O) groups excluding carboxylic acids is 3. The smallest absolute Gasteiger partial charge is 0.253 e. The highest BCUT2D eigenvalue weighted by molar-refractivity contribution is 6.06. The number of likely N-dealkylation sites (N-methyl/N-ethyl adjacent to an activating group) is 1. The van der Waals surface area contributed by atoms with Gasteiger partial charge in [0.05, 0.1) is 30.1 Å². The summed E-state index contributed by atoms with van der Waals surface area (Å²) >= 11 is 0. The van der Waals surface area contributed by atoms with Crippen molar-refractivity contribution in [2.45, 2.75) is 57.4 Å². The van der Waals surface area contributed by atoms with Gasteiger partial charge in [-0.15, -0.1) is 0 Å². The van der Waals surface area contributed by atoms with Crippen LogP contribution in [0.3, 0.4) is 0 Å². The Kier molecular flexibility index (Phi) is 7.09. The van der Waals surface area contributed by atoms with Gasteiger partial charge in [0.2, 0.25) is 11.8 Å². The number of fused-ring (bicyclic) bond motifs is 2. The van der Waals surface area contributed by atoms with Crippen LogP contribution in [0.5, 0.6) is 0 Å². The Morgan fingerprint density at radius 2 is 1.64 bits per heavy atom. The maximum Gasteiger partial charge on any atom is 0.253 e. The number of benzene rings is 1. The number of aliphatic hydroxyl groups is 1. The standard InChI is InChI=1S/C30H40N4O5/c1-6-20(19-35)34-25-28(38)33(22-13-11-21(12-14-22)32(7-2)8-3)18-10-16-30(25)24(27(34)37)23-26(36)31(5)17-9-15-29(23,4)39-30/h9-16,20,23-25,35H,6-8,17-19H2,1-5H3/t20-,23+,24-,25?,29-,30-/m0/s1. The molecule has 3 amide bonds. The highest BCUT2D eigenvalue weighted by atomic mass is 16.5. The van der Waals surface area contributed by atoms with E-state index in [2.05, 4.69) is 18.7 Å². The summed E-state index contributed by atoms with van der Waals surface area (Å²) in [5.41, 5.74) is -0.577. The zero-order valence-corrected chi connectivity index (χ0v) is 23.5. The maximum absolute atomic E-state index is 14.5. The molecule has 4 aliphatic rings. The second-order valence-corrected chi connectivity index (χ2v) is 11.1. The Morgan fingerprint density at radius 1 is 0.974 bits per heavy atom. The highest BCUT2D eigenvalue weighted by Gasteiger charge is 2.75. The Labute approximate surface area is 230 Å². The quantitative estimate of drug-likeness (QED) is 0.537. The van der Waals surface area contributed by atoms with Gasteiger partial charge >= 0.3 is 0 Å². The second kappa shape index (κ2) is 10.1. The number of amides is 3. The number of aliphatic hydroxyl groups excluding tert-OH is 1. The first-order valence-electron chi connectivity index (χ1n) is 14.1. The summed E-state index contributed by atoms with van der Waals surface area (Å²) in [5.74, 6) is -2.43. The number of anilines is 2. The van der Waals surface area contributed by atoms with Crippen LogP contribution in [0.2, 0.25) is 0 Å². The topological polar surface area (TPSA) is 93.6 Å². The van der Waals surface area contributed by atoms with E-state index in [9.17, 15) is 19.5 Å². The molecule has 5 rings (SSSR count). The van der Waals surface area contributed by atoms with Crippen molar-refractivity contribution >= 4 is 29.1 Å². The number of rotatable bonds is 7. The van der Waals surface area contributed by atoms with Crippen LogP contribution in [0.15, 0.2) is 48.6 Å². The number of hydrogen-bond donors (Lipinski definition) is 1. The molecule has 4 aliphatic heterocycles. The monoisotopic (exact) mass is 536 g/mol. The fourth-order valence-electron chi connectivity index (χ4n) is 7.05. The minimum Gasteiger partial charge on any atom is -0.394 e. The van der Waals surface area contributed by atoms with Gasteiger partial charge in [-0.2, -0.15) is 0 Å². The van der Waals surface area contributed by atoms with E-state index in [1.54, 1.807) is 16.8 Å². The number of hydrogen-bond acceptors (Lipinski definition) is 6. The van der Waals surface area contributed by atoms with Gasteiger partial charge in [0.25, 0.3) is 5.91 Å². The molecule has 6 atom stereocenters. The van der Waals surface area contributed by atoms with Crippen LogP contribution in [0.1, 0.15) is 34.1 Å². The molecule has 1 unspecified atom stereocenters. The molecule has 39 heavy (non-hydrogen) atoms.